The smallest absolute Gasteiger partial charge is 0.255 e. The molecule has 0 heterocycles. The Morgan fingerprint density at radius 3 is 2.46 bits per heavy atom. The molecule has 0 aliphatic carbocycles. The maximum Gasteiger partial charge on any atom is 0.255 e. The number of benzene rings is 3. The van der Waals surface area contributed by atoms with Crippen molar-refractivity contribution >= 4 is 17.3 Å². The molecule has 0 saturated carbocycles. The number of aliphatic hydroxyl groups excluding tert-OH is 1. The molecule has 0 radical (unpaired) electrons. The van der Waals surface area contributed by atoms with Crippen LogP contribution < -0.4 is 15.8 Å². The van der Waals surface area contributed by atoms with Crippen molar-refractivity contribution in [2.24, 2.45) is 0 Å². The van der Waals surface area contributed by atoms with Crippen molar-refractivity contribution in [2.75, 3.05) is 18.2 Å². The number of anilines is 2. The van der Waals surface area contributed by atoms with Gasteiger partial charge in [0, 0.05) is 5.56 Å². The van der Waals surface area contributed by atoms with Crippen LogP contribution in [0.1, 0.15) is 15.9 Å². The third-order valence-corrected chi connectivity index (χ3v) is 4.10. The molecule has 132 valence electrons. The highest BCUT2D eigenvalue weighted by Gasteiger charge is 2.10. The lowest BCUT2D eigenvalue weighted by Gasteiger charge is -2.11. The number of nitrogen functional groups attached to an aromatic ring is 1. The van der Waals surface area contributed by atoms with Crippen LogP contribution in [0.3, 0.4) is 0 Å². The largest absolute Gasteiger partial charge is 0.497 e. The van der Waals surface area contributed by atoms with Crippen LogP contribution in [-0.4, -0.2) is 18.1 Å². The van der Waals surface area contributed by atoms with E-state index in [0.717, 1.165) is 16.7 Å². The first-order valence-corrected chi connectivity index (χ1v) is 8.16. The van der Waals surface area contributed by atoms with Gasteiger partial charge in [0.2, 0.25) is 0 Å². The summed E-state index contributed by atoms with van der Waals surface area (Å²) >= 11 is 0. The summed E-state index contributed by atoms with van der Waals surface area (Å²) in [5.74, 6) is 0.437. The van der Waals surface area contributed by atoms with Gasteiger partial charge in [-0.3, -0.25) is 4.79 Å². The summed E-state index contributed by atoms with van der Waals surface area (Å²) < 4.78 is 5.10. The number of methoxy groups -OCH3 is 1. The van der Waals surface area contributed by atoms with Gasteiger partial charge in [-0.05, 0) is 59.2 Å². The first-order valence-electron chi connectivity index (χ1n) is 8.16. The maximum atomic E-state index is 12.5. The fraction of sp³-hybridized carbons (Fsp3) is 0.0952. The lowest BCUT2D eigenvalue weighted by Crippen LogP contribution is -2.13. The van der Waals surface area contributed by atoms with Gasteiger partial charge in [-0.2, -0.15) is 0 Å². The van der Waals surface area contributed by atoms with Crippen molar-refractivity contribution in [3.63, 3.8) is 0 Å². The summed E-state index contributed by atoms with van der Waals surface area (Å²) in [6.07, 6.45) is 0. The number of rotatable bonds is 5. The second-order valence-corrected chi connectivity index (χ2v) is 5.84. The third kappa shape index (κ3) is 3.84. The molecule has 3 rings (SSSR count). The van der Waals surface area contributed by atoms with Crippen LogP contribution >= 0.6 is 0 Å². The molecule has 5 nitrogen and oxygen atoms in total. The number of hydrogen-bond acceptors (Lipinski definition) is 4. The number of nitrogens with two attached hydrogens (primary N) is 1. The Kier molecular flexibility index (Phi) is 5.20. The third-order valence-electron chi connectivity index (χ3n) is 4.10. The highest BCUT2D eigenvalue weighted by molar-refractivity contribution is 6.06. The minimum Gasteiger partial charge on any atom is -0.497 e. The quantitative estimate of drug-likeness (QED) is 0.614. The second kappa shape index (κ2) is 7.72. The number of aliphatic hydroxyl groups is 1. The summed E-state index contributed by atoms with van der Waals surface area (Å²) in [6, 6.07) is 19.9. The van der Waals surface area contributed by atoms with E-state index in [1.165, 1.54) is 0 Å². The molecule has 0 bridgehead atoms. The Bertz CT molecular complexity index is 921. The van der Waals surface area contributed by atoms with E-state index in [1.807, 2.05) is 36.4 Å². The van der Waals surface area contributed by atoms with Crippen molar-refractivity contribution in [3.8, 4) is 16.9 Å². The van der Waals surface area contributed by atoms with Crippen molar-refractivity contribution in [3.05, 3.63) is 77.9 Å². The van der Waals surface area contributed by atoms with Gasteiger partial charge in [-0.1, -0.05) is 24.3 Å². The molecule has 4 N–H and O–H groups in total. The number of carbonyl (C=O) groups is 1. The molecular weight excluding hydrogens is 328 g/mol. The van der Waals surface area contributed by atoms with Crippen molar-refractivity contribution in [1.82, 2.24) is 0 Å². The first kappa shape index (κ1) is 17.5. The minimum absolute atomic E-state index is 0.0239. The number of ether oxygens (including phenoxy) is 1. The molecule has 0 aliphatic heterocycles. The molecule has 0 unspecified atom stereocenters. The van der Waals surface area contributed by atoms with Crippen LogP contribution in [-0.2, 0) is 6.61 Å². The molecule has 1 amide bonds. The Balaban J connectivity index is 1.86. The van der Waals surface area contributed by atoms with E-state index in [9.17, 15) is 9.90 Å². The topological polar surface area (TPSA) is 84.6 Å². The van der Waals surface area contributed by atoms with Crippen LogP contribution in [0.5, 0.6) is 5.75 Å². The van der Waals surface area contributed by atoms with Crippen LogP contribution in [0.15, 0.2) is 66.7 Å². The van der Waals surface area contributed by atoms with Gasteiger partial charge in [0.15, 0.2) is 0 Å². The van der Waals surface area contributed by atoms with Gasteiger partial charge in [0.05, 0.1) is 25.1 Å². The fourth-order valence-electron chi connectivity index (χ4n) is 2.63. The zero-order valence-electron chi connectivity index (χ0n) is 14.4. The standard InChI is InChI=1S/C21H20N2O3/c1-26-18-8-5-15(6-9-18)21(25)23-20-12-17(7-10-19(20)22)16-4-2-3-14(11-16)13-24/h2-12,24H,13,22H2,1H3,(H,23,25). The molecule has 26 heavy (non-hydrogen) atoms. The summed E-state index contributed by atoms with van der Waals surface area (Å²) in [5.41, 5.74) is 10.2. The van der Waals surface area contributed by atoms with Crippen molar-refractivity contribution in [2.45, 2.75) is 6.61 Å². The predicted octanol–water partition coefficient (Wildman–Crippen LogP) is 3.69. The Morgan fingerprint density at radius 2 is 1.77 bits per heavy atom. The van der Waals surface area contributed by atoms with Gasteiger partial charge < -0.3 is 20.9 Å². The molecule has 5 heteroatoms. The molecule has 0 saturated heterocycles. The number of carbonyl (C=O) groups excluding carboxylic acids is 1. The molecule has 3 aromatic rings. The van der Waals surface area contributed by atoms with E-state index in [-0.39, 0.29) is 12.5 Å². The normalized spacial score (nSPS) is 10.4. The first-order chi connectivity index (χ1) is 12.6. The van der Waals surface area contributed by atoms with E-state index in [1.54, 1.807) is 37.4 Å². The average molecular weight is 348 g/mol. The van der Waals surface area contributed by atoms with Gasteiger partial charge in [0.1, 0.15) is 5.75 Å². The second-order valence-electron chi connectivity index (χ2n) is 5.84. The number of hydrogen-bond donors (Lipinski definition) is 3. The summed E-state index contributed by atoms with van der Waals surface area (Å²) in [7, 11) is 1.58. The van der Waals surface area contributed by atoms with Crippen LogP contribution in [0.25, 0.3) is 11.1 Å². The van der Waals surface area contributed by atoms with Gasteiger partial charge in [-0.15, -0.1) is 0 Å². The van der Waals surface area contributed by atoms with Crippen LogP contribution in [0.4, 0.5) is 11.4 Å². The highest BCUT2D eigenvalue weighted by atomic mass is 16.5. The molecule has 0 atom stereocenters. The number of nitrogens with one attached hydrogen (secondary N) is 1. The van der Waals surface area contributed by atoms with Crippen LogP contribution in [0.2, 0.25) is 0 Å². The lowest BCUT2D eigenvalue weighted by atomic mass is 10.0. The van der Waals surface area contributed by atoms with E-state index in [0.29, 0.717) is 22.7 Å². The molecule has 0 aromatic heterocycles. The van der Waals surface area contributed by atoms with Crippen molar-refractivity contribution in [1.29, 1.82) is 0 Å². The van der Waals surface area contributed by atoms with E-state index >= 15 is 0 Å². The monoisotopic (exact) mass is 348 g/mol. The Hall–Kier alpha value is -3.31. The zero-order chi connectivity index (χ0) is 18.5. The average Bonchev–Trinajstić information content (AvgIpc) is 2.69. The minimum atomic E-state index is -0.249. The van der Waals surface area contributed by atoms with E-state index in [2.05, 4.69) is 5.32 Å². The predicted molar refractivity (Wildman–Crippen MR) is 103 cm³/mol. The zero-order valence-corrected chi connectivity index (χ0v) is 14.4. The van der Waals surface area contributed by atoms with Crippen molar-refractivity contribution < 1.29 is 14.6 Å². The summed E-state index contributed by atoms with van der Waals surface area (Å²) in [6.45, 7) is -0.0239. The molecule has 0 spiro atoms. The Labute approximate surface area is 152 Å². The fourth-order valence-corrected chi connectivity index (χ4v) is 2.63. The van der Waals surface area contributed by atoms with E-state index in [4.69, 9.17) is 10.5 Å². The van der Waals surface area contributed by atoms with Gasteiger partial charge >= 0.3 is 0 Å². The van der Waals surface area contributed by atoms with E-state index < -0.39 is 0 Å². The molecule has 0 aliphatic rings. The van der Waals surface area contributed by atoms with Gasteiger partial charge in [0.25, 0.3) is 5.91 Å². The maximum absolute atomic E-state index is 12.5. The number of amides is 1. The highest BCUT2D eigenvalue weighted by Crippen LogP contribution is 2.28. The van der Waals surface area contributed by atoms with Gasteiger partial charge in [-0.25, -0.2) is 0 Å². The SMILES string of the molecule is COc1ccc(C(=O)Nc2cc(-c3cccc(CO)c3)ccc2N)cc1. The lowest BCUT2D eigenvalue weighted by molar-refractivity contribution is 0.102. The molecular formula is C21H20N2O3. The Morgan fingerprint density at radius 1 is 1.04 bits per heavy atom. The summed E-state index contributed by atoms with van der Waals surface area (Å²) in [5, 5.41) is 12.2. The molecule has 0 fully saturated rings. The molecule has 3 aromatic carbocycles. The van der Waals surface area contributed by atoms with Crippen LogP contribution in [0, 0.1) is 0 Å². The summed E-state index contributed by atoms with van der Waals surface area (Å²) in [4.78, 5) is 12.5.